The molecule has 0 aliphatic carbocycles. The SMILES string of the molecule is CCCCOc1ccc(S(=O)(=O)N2CCC(NC[C@H](O)COn3c4ccccc4c4ccccc43)CC2)cc1. The average Bonchev–Trinajstić information content (AvgIpc) is 3.29. The van der Waals surface area contributed by atoms with Gasteiger partial charge >= 0.3 is 0 Å². The lowest BCUT2D eigenvalue weighted by Crippen LogP contribution is -2.47. The molecule has 8 nitrogen and oxygen atoms in total. The number of nitrogens with zero attached hydrogens (tertiary/aromatic N) is 2. The summed E-state index contributed by atoms with van der Waals surface area (Å²) < 4.78 is 35.2. The summed E-state index contributed by atoms with van der Waals surface area (Å²) >= 11 is 0. The van der Waals surface area contributed by atoms with Gasteiger partial charge in [-0.3, -0.25) is 0 Å². The molecule has 0 unspecified atom stereocenters. The average molecular weight is 552 g/mol. The number of fused-ring (bicyclic) bond motifs is 3. The largest absolute Gasteiger partial charge is 0.494 e. The second kappa shape index (κ2) is 12.4. The lowest BCUT2D eigenvalue weighted by Gasteiger charge is -2.32. The highest BCUT2D eigenvalue weighted by Gasteiger charge is 2.29. The maximum Gasteiger partial charge on any atom is 0.243 e. The fourth-order valence-electron chi connectivity index (χ4n) is 5.04. The van der Waals surface area contributed by atoms with Crippen molar-refractivity contribution in [1.82, 2.24) is 14.4 Å². The fraction of sp³-hybridized carbons (Fsp3) is 0.400. The highest BCUT2D eigenvalue weighted by Crippen LogP contribution is 2.28. The zero-order valence-corrected chi connectivity index (χ0v) is 23.1. The van der Waals surface area contributed by atoms with E-state index in [9.17, 15) is 13.5 Å². The number of benzene rings is 3. The van der Waals surface area contributed by atoms with Crippen molar-refractivity contribution in [1.29, 1.82) is 0 Å². The number of rotatable bonds is 12. The number of aromatic nitrogens is 1. The molecule has 3 aromatic carbocycles. The minimum Gasteiger partial charge on any atom is -0.494 e. The Balaban J connectivity index is 1.10. The predicted octanol–water partition coefficient (Wildman–Crippen LogP) is 4.21. The van der Waals surface area contributed by atoms with Gasteiger partial charge in [0.1, 0.15) is 18.5 Å². The van der Waals surface area contributed by atoms with E-state index in [4.69, 9.17) is 9.57 Å². The fourth-order valence-corrected chi connectivity index (χ4v) is 6.51. The number of hydrogen-bond acceptors (Lipinski definition) is 6. The first-order valence-corrected chi connectivity index (χ1v) is 15.2. The molecular formula is C30H37N3O5S. The number of sulfonamides is 1. The molecule has 9 heteroatoms. The van der Waals surface area contributed by atoms with Gasteiger partial charge in [0.05, 0.1) is 22.5 Å². The van der Waals surface area contributed by atoms with E-state index in [1.54, 1.807) is 33.3 Å². The third-order valence-electron chi connectivity index (χ3n) is 7.26. The van der Waals surface area contributed by atoms with Gasteiger partial charge in [-0.25, -0.2) is 8.42 Å². The molecule has 0 bridgehead atoms. The lowest BCUT2D eigenvalue weighted by atomic mass is 10.1. The number of nitrogens with one attached hydrogen (secondary N) is 1. The van der Waals surface area contributed by atoms with Crippen LogP contribution in [-0.4, -0.2) is 67.6 Å². The molecule has 39 heavy (non-hydrogen) atoms. The Bertz CT molecular complexity index is 1420. The summed E-state index contributed by atoms with van der Waals surface area (Å²) in [4.78, 5) is 6.34. The Labute approximate surface area is 230 Å². The molecule has 1 aliphatic heterocycles. The van der Waals surface area contributed by atoms with Gasteiger partial charge in [-0.2, -0.15) is 9.04 Å². The first-order chi connectivity index (χ1) is 19.0. The summed E-state index contributed by atoms with van der Waals surface area (Å²) in [6.45, 7) is 4.10. The second-order valence-corrected chi connectivity index (χ2v) is 12.0. The van der Waals surface area contributed by atoms with E-state index in [-0.39, 0.29) is 17.5 Å². The van der Waals surface area contributed by atoms with Crippen molar-refractivity contribution < 1.29 is 23.1 Å². The van der Waals surface area contributed by atoms with E-state index < -0.39 is 16.1 Å². The van der Waals surface area contributed by atoms with Gasteiger partial charge in [0, 0.05) is 36.4 Å². The summed E-state index contributed by atoms with van der Waals surface area (Å²) in [5.74, 6) is 0.686. The van der Waals surface area contributed by atoms with E-state index in [0.29, 0.717) is 44.8 Å². The number of aliphatic hydroxyl groups is 1. The van der Waals surface area contributed by atoms with Crippen molar-refractivity contribution in [3.8, 4) is 5.75 Å². The molecule has 0 saturated carbocycles. The molecule has 4 aromatic rings. The normalized spacial score (nSPS) is 16.1. The Kier molecular flexibility index (Phi) is 8.72. The first kappa shape index (κ1) is 27.5. The zero-order chi connectivity index (χ0) is 27.2. The van der Waals surface area contributed by atoms with Gasteiger partial charge in [0.25, 0.3) is 0 Å². The second-order valence-electron chi connectivity index (χ2n) is 10.0. The van der Waals surface area contributed by atoms with Crippen LogP contribution in [0.25, 0.3) is 21.8 Å². The minimum absolute atomic E-state index is 0.133. The van der Waals surface area contributed by atoms with Crippen molar-refractivity contribution in [2.24, 2.45) is 0 Å². The van der Waals surface area contributed by atoms with E-state index in [2.05, 4.69) is 24.4 Å². The van der Waals surface area contributed by atoms with Crippen molar-refractivity contribution in [3.05, 3.63) is 72.8 Å². The van der Waals surface area contributed by atoms with E-state index in [1.807, 2.05) is 36.4 Å². The third-order valence-corrected chi connectivity index (χ3v) is 9.17. The van der Waals surface area contributed by atoms with Crippen molar-refractivity contribution in [2.45, 2.75) is 49.6 Å². The number of unbranched alkanes of at least 4 members (excludes halogenated alkanes) is 1. The van der Waals surface area contributed by atoms with Crippen LogP contribution in [0.2, 0.25) is 0 Å². The van der Waals surface area contributed by atoms with Gasteiger partial charge in [0.2, 0.25) is 10.0 Å². The molecule has 1 saturated heterocycles. The van der Waals surface area contributed by atoms with Gasteiger partial charge in [-0.15, -0.1) is 0 Å². The topological polar surface area (TPSA) is 93.0 Å². The summed E-state index contributed by atoms with van der Waals surface area (Å²) in [6.07, 6.45) is 2.67. The van der Waals surface area contributed by atoms with Crippen LogP contribution in [0.15, 0.2) is 77.7 Å². The Morgan fingerprint density at radius 1 is 0.949 bits per heavy atom. The number of aliphatic hydroxyl groups excluding tert-OH is 1. The Hall–Kier alpha value is -3.11. The van der Waals surface area contributed by atoms with E-state index in [0.717, 1.165) is 34.6 Å². The first-order valence-electron chi connectivity index (χ1n) is 13.7. The van der Waals surface area contributed by atoms with Gasteiger partial charge < -0.3 is 20.0 Å². The van der Waals surface area contributed by atoms with Crippen LogP contribution in [0.4, 0.5) is 0 Å². The maximum absolute atomic E-state index is 13.1. The number of hydrogen-bond donors (Lipinski definition) is 2. The molecule has 1 aromatic heterocycles. The molecule has 1 atom stereocenters. The highest BCUT2D eigenvalue weighted by molar-refractivity contribution is 7.89. The van der Waals surface area contributed by atoms with Crippen LogP contribution in [0.3, 0.4) is 0 Å². The summed E-state index contributed by atoms with van der Waals surface area (Å²) in [5, 5.41) is 16.2. The van der Waals surface area contributed by atoms with Crippen LogP contribution in [0, 0.1) is 0 Å². The minimum atomic E-state index is -3.55. The predicted molar refractivity (Wildman–Crippen MR) is 154 cm³/mol. The molecule has 0 amide bonds. The number of piperidine rings is 1. The summed E-state index contributed by atoms with van der Waals surface area (Å²) in [5.41, 5.74) is 1.93. The number of ether oxygens (including phenoxy) is 1. The van der Waals surface area contributed by atoms with Crippen molar-refractivity contribution in [3.63, 3.8) is 0 Å². The molecule has 0 radical (unpaired) electrons. The molecule has 0 spiro atoms. The van der Waals surface area contributed by atoms with Gasteiger partial charge in [0.15, 0.2) is 0 Å². The molecule has 5 rings (SSSR count). The van der Waals surface area contributed by atoms with Gasteiger partial charge in [-0.1, -0.05) is 49.7 Å². The lowest BCUT2D eigenvalue weighted by molar-refractivity contribution is 0.0346. The van der Waals surface area contributed by atoms with Crippen LogP contribution >= 0.6 is 0 Å². The number of para-hydroxylation sites is 2. The van der Waals surface area contributed by atoms with Crippen molar-refractivity contribution >= 4 is 31.8 Å². The van der Waals surface area contributed by atoms with E-state index in [1.165, 1.54) is 0 Å². The van der Waals surface area contributed by atoms with E-state index >= 15 is 0 Å². The molecule has 1 fully saturated rings. The van der Waals surface area contributed by atoms with Crippen molar-refractivity contribution in [2.75, 3.05) is 32.8 Å². The molecular weight excluding hydrogens is 514 g/mol. The molecule has 2 heterocycles. The van der Waals surface area contributed by atoms with Gasteiger partial charge in [-0.05, 0) is 55.7 Å². The quantitative estimate of drug-likeness (QED) is 0.256. The Morgan fingerprint density at radius 2 is 1.56 bits per heavy atom. The molecule has 208 valence electrons. The van der Waals surface area contributed by atoms with Crippen LogP contribution < -0.4 is 14.9 Å². The highest BCUT2D eigenvalue weighted by atomic mass is 32.2. The Morgan fingerprint density at radius 3 is 2.18 bits per heavy atom. The summed E-state index contributed by atoms with van der Waals surface area (Å²) in [7, 11) is -3.55. The van der Waals surface area contributed by atoms with Crippen LogP contribution in [0.1, 0.15) is 32.6 Å². The third kappa shape index (κ3) is 6.22. The zero-order valence-electron chi connectivity index (χ0n) is 22.3. The molecule has 2 N–H and O–H groups in total. The monoisotopic (exact) mass is 551 g/mol. The molecule has 1 aliphatic rings. The maximum atomic E-state index is 13.1. The summed E-state index contributed by atoms with van der Waals surface area (Å²) in [6, 6.07) is 22.9. The standard InChI is InChI=1S/C30H37N3O5S/c1-2-3-20-37-25-12-14-26(15-13-25)39(35,36)32-18-16-23(17-19-32)31-21-24(34)22-38-33-29-10-6-4-8-27(29)28-9-5-7-11-30(28)33/h4-15,23-24,31,34H,2-3,16-22H2,1H3/t24-/m0/s1. The van der Waals surface area contributed by atoms with Crippen LogP contribution in [-0.2, 0) is 10.0 Å². The smallest absolute Gasteiger partial charge is 0.243 e. The van der Waals surface area contributed by atoms with Crippen LogP contribution in [0.5, 0.6) is 5.75 Å².